The zero-order chi connectivity index (χ0) is 22.8. The summed E-state index contributed by atoms with van der Waals surface area (Å²) in [6.45, 7) is 1.25. The van der Waals surface area contributed by atoms with E-state index in [-0.39, 0.29) is 42.1 Å². The van der Waals surface area contributed by atoms with Crippen LogP contribution in [0.2, 0.25) is 0 Å². The zero-order valence-corrected chi connectivity index (χ0v) is 18.9. The second kappa shape index (κ2) is 11.7. The molecule has 0 saturated carbocycles. The van der Waals surface area contributed by atoms with Crippen LogP contribution in [0.15, 0.2) is 59.6 Å². The predicted octanol–water partition coefficient (Wildman–Crippen LogP) is 1.74. The summed E-state index contributed by atoms with van der Waals surface area (Å²) < 4.78 is 27.4. The molecule has 32 heavy (non-hydrogen) atoms. The first-order valence-electron chi connectivity index (χ1n) is 11.0. The molecule has 172 valence electrons. The Morgan fingerprint density at radius 3 is 2.62 bits per heavy atom. The first-order chi connectivity index (χ1) is 15.5. The Balaban J connectivity index is 1.61. The van der Waals surface area contributed by atoms with Crippen molar-refractivity contribution < 1.29 is 18.0 Å². The Kier molecular flexibility index (Phi) is 8.75. The summed E-state index contributed by atoms with van der Waals surface area (Å²) >= 11 is 0. The fourth-order valence-corrected chi connectivity index (χ4v) is 5.22. The molecule has 0 aliphatic carbocycles. The third-order valence-electron chi connectivity index (χ3n) is 5.52. The number of nitrogens with one attached hydrogen (secondary N) is 2. The number of sulfonamides is 1. The molecule has 1 aromatic carbocycles. The highest BCUT2D eigenvalue weighted by atomic mass is 32.2. The fraction of sp³-hybridized carbons (Fsp3) is 0.435. The summed E-state index contributed by atoms with van der Waals surface area (Å²) in [5, 5.41) is 5.76. The van der Waals surface area contributed by atoms with Crippen molar-refractivity contribution in [1.82, 2.24) is 19.9 Å². The molecule has 1 saturated heterocycles. The number of amides is 2. The van der Waals surface area contributed by atoms with Crippen LogP contribution in [0.4, 0.5) is 0 Å². The number of nitrogens with zero attached hydrogens (tertiary/aromatic N) is 2. The quantitative estimate of drug-likeness (QED) is 0.685. The lowest BCUT2D eigenvalue weighted by atomic mass is 9.98. The van der Waals surface area contributed by atoms with Gasteiger partial charge in [0.2, 0.25) is 21.8 Å². The van der Waals surface area contributed by atoms with E-state index >= 15 is 0 Å². The highest BCUT2D eigenvalue weighted by Crippen LogP contribution is 2.19. The number of hydrogen-bond acceptors (Lipinski definition) is 5. The third-order valence-corrected chi connectivity index (χ3v) is 7.43. The van der Waals surface area contributed by atoms with Crippen LogP contribution in [0.25, 0.3) is 0 Å². The SMILES string of the molecule is O=C1CCN(S(=O)(=O)c2ccccc2)CCCC(C(=O)NCCc2ccccn2)CCN1. The average molecular weight is 459 g/mol. The summed E-state index contributed by atoms with van der Waals surface area (Å²) in [7, 11) is -3.70. The highest BCUT2D eigenvalue weighted by Gasteiger charge is 2.26. The molecule has 1 aliphatic rings. The summed E-state index contributed by atoms with van der Waals surface area (Å²) in [6, 6.07) is 13.9. The summed E-state index contributed by atoms with van der Waals surface area (Å²) in [5.41, 5.74) is 0.907. The van der Waals surface area contributed by atoms with Gasteiger partial charge in [-0.15, -0.1) is 0 Å². The second-order valence-corrected chi connectivity index (χ2v) is 9.74. The molecular weight excluding hydrogens is 428 g/mol. The van der Waals surface area contributed by atoms with Gasteiger partial charge in [-0.2, -0.15) is 4.31 Å². The van der Waals surface area contributed by atoms with Crippen LogP contribution in [0.5, 0.6) is 0 Å². The van der Waals surface area contributed by atoms with E-state index in [1.807, 2.05) is 18.2 Å². The van der Waals surface area contributed by atoms with Gasteiger partial charge in [-0.05, 0) is 43.5 Å². The van der Waals surface area contributed by atoms with Gasteiger partial charge in [-0.25, -0.2) is 8.42 Å². The lowest BCUT2D eigenvalue weighted by Crippen LogP contribution is -2.35. The van der Waals surface area contributed by atoms with Gasteiger partial charge < -0.3 is 10.6 Å². The maximum Gasteiger partial charge on any atom is 0.243 e. The Morgan fingerprint density at radius 2 is 1.88 bits per heavy atom. The zero-order valence-electron chi connectivity index (χ0n) is 18.1. The molecule has 8 nitrogen and oxygen atoms in total. The fourth-order valence-electron chi connectivity index (χ4n) is 3.72. The van der Waals surface area contributed by atoms with Gasteiger partial charge in [-0.3, -0.25) is 14.6 Å². The molecule has 0 radical (unpaired) electrons. The Labute approximate surface area is 189 Å². The number of benzene rings is 1. The lowest BCUT2D eigenvalue weighted by Gasteiger charge is -2.22. The van der Waals surface area contributed by atoms with Gasteiger partial charge in [0.15, 0.2) is 0 Å². The van der Waals surface area contributed by atoms with E-state index in [0.29, 0.717) is 38.8 Å². The minimum absolute atomic E-state index is 0.0770. The maximum absolute atomic E-state index is 13.0. The third kappa shape index (κ3) is 6.86. The van der Waals surface area contributed by atoms with Crippen LogP contribution in [0.3, 0.4) is 0 Å². The summed E-state index contributed by atoms with van der Waals surface area (Å²) in [5.74, 6) is -0.584. The molecule has 9 heteroatoms. The van der Waals surface area contributed by atoms with Crippen molar-refractivity contribution in [1.29, 1.82) is 0 Å². The van der Waals surface area contributed by atoms with Gasteiger partial charge in [-0.1, -0.05) is 24.3 Å². The first-order valence-corrected chi connectivity index (χ1v) is 12.4. The molecule has 2 amide bonds. The van der Waals surface area contributed by atoms with E-state index < -0.39 is 10.0 Å². The van der Waals surface area contributed by atoms with Crippen molar-refractivity contribution in [3.8, 4) is 0 Å². The number of carbonyl (C=O) groups excluding carboxylic acids is 2. The summed E-state index contributed by atoms with van der Waals surface area (Å²) in [4.78, 5) is 29.4. The van der Waals surface area contributed by atoms with E-state index in [2.05, 4.69) is 15.6 Å². The molecule has 3 rings (SSSR count). The van der Waals surface area contributed by atoms with E-state index in [1.54, 1.807) is 36.5 Å². The van der Waals surface area contributed by atoms with Gasteiger partial charge in [0.05, 0.1) is 4.90 Å². The molecule has 0 bridgehead atoms. The highest BCUT2D eigenvalue weighted by molar-refractivity contribution is 7.89. The standard InChI is InChI=1S/C23H30N4O4S/c28-22-13-18-27(32(30,31)21-9-2-1-3-10-21)17-6-7-19(11-15-25-22)23(29)26-16-12-20-8-4-5-14-24-20/h1-5,8-10,14,19H,6-7,11-13,15-18H2,(H,25,28)(H,26,29). The van der Waals surface area contributed by atoms with Gasteiger partial charge in [0, 0.05) is 56.8 Å². The Hall–Kier alpha value is -2.78. The van der Waals surface area contributed by atoms with E-state index in [1.165, 1.54) is 4.31 Å². The monoisotopic (exact) mass is 458 g/mol. The average Bonchev–Trinajstić information content (AvgIpc) is 2.85. The van der Waals surface area contributed by atoms with Crippen molar-refractivity contribution >= 4 is 21.8 Å². The van der Waals surface area contributed by atoms with Crippen molar-refractivity contribution in [2.75, 3.05) is 26.2 Å². The molecule has 1 unspecified atom stereocenters. The lowest BCUT2D eigenvalue weighted by molar-refractivity contribution is -0.126. The van der Waals surface area contributed by atoms with Crippen LogP contribution < -0.4 is 10.6 Å². The summed E-state index contributed by atoms with van der Waals surface area (Å²) in [6.07, 6.45) is 4.06. The predicted molar refractivity (Wildman–Crippen MR) is 121 cm³/mol. The number of pyridine rings is 1. The molecule has 0 spiro atoms. The second-order valence-electron chi connectivity index (χ2n) is 7.81. The molecule has 2 heterocycles. The van der Waals surface area contributed by atoms with Crippen molar-refractivity contribution in [2.24, 2.45) is 5.92 Å². The molecule has 1 atom stereocenters. The Morgan fingerprint density at radius 1 is 1.09 bits per heavy atom. The Bertz CT molecular complexity index is 984. The number of carbonyl (C=O) groups is 2. The van der Waals surface area contributed by atoms with Gasteiger partial charge in [0.25, 0.3) is 0 Å². The van der Waals surface area contributed by atoms with Crippen LogP contribution >= 0.6 is 0 Å². The van der Waals surface area contributed by atoms with Crippen LogP contribution in [-0.4, -0.2) is 55.7 Å². The van der Waals surface area contributed by atoms with Crippen molar-refractivity contribution in [2.45, 2.75) is 37.0 Å². The van der Waals surface area contributed by atoms with Crippen LogP contribution in [0.1, 0.15) is 31.4 Å². The molecule has 2 aromatic rings. The molecule has 1 aliphatic heterocycles. The van der Waals surface area contributed by atoms with Gasteiger partial charge >= 0.3 is 0 Å². The number of aromatic nitrogens is 1. The molecule has 1 fully saturated rings. The van der Waals surface area contributed by atoms with Crippen LogP contribution in [0, 0.1) is 5.92 Å². The number of rotatable bonds is 6. The van der Waals surface area contributed by atoms with Gasteiger partial charge in [0.1, 0.15) is 0 Å². The van der Waals surface area contributed by atoms with E-state index in [9.17, 15) is 18.0 Å². The minimum Gasteiger partial charge on any atom is -0.356 e. The molecular formula is C23H30N4O4S. The topological polar surface area (TPSA) is 108 Å². The maximum atomic E-state index is 13.0. The molecule has 1 aromatic heterocycles. The van der Waals surface area contributed by atoms with E-state index in [4.69, 9.17) is 0 Å². The van der Waals surface area contributed by atoms with Crippen LogP contribution in [-0.2, 0) is 26.0 Å². The minimum atomic E-state index is -3.70. The van der Waals surface area contributed by atoms with Crippen molar-refractivity contribution in [3.63, 3.8) is 0 Å². The largest absolute Gasteiger partial charge is 0.356 e. The smallest absolute Gasteiger partial charge is 0.243 e. The molecule has 2 N–H and O–H groups in total. The first kappa shape index (κ1) is 23.9. The normalized spacial score (nSPS) is 18.9. The number of hydrogen-bond donors (Lipinski definition) is 2. The van der Waals surface area contributed by atoms with Crippen molar-refractivity contribution in [3.05, 3.63) is 60.4 Å². The van der Waals surface area contributed by atoms with E-state index in [0.717, 1.165) is 5.69 Å².